The van der Waals surface area contributed by atoms with Crippen LogP contribution in [0.5, 0.6) is 5.75 Å². The Hall–Kier alpha value is -3.12. The van der Waals surface area contributed by atoms with Gasteiger partial charge in [-0.1, -0.05) is 36.4 Å². The quantitative estimate of drug-likeness (QED) is 0.351. The molecule has 0 spiro atoms. The van der Waals surface area contributed by atoms with Gasteiger partial charge in [0.15, 0.2) is 0 Å². The molecule has 0 aliphatic heterocycles. The first-order valence-corrected chi connectivity index (χ1v) is 11.0. The highest BCUT2D eigenvalue weighted by atomic mass is 32.1. The average Bonchev–Trinajstić information content (AvgIpc) is 3.08. The molecule has 31 heavy (non-hydrogen) atoms. The number of hydrogen-bond donors (Lipinski definition) is 1. The van der Waals surface area contributed by atoms with Crippen molar-refractivity contribution in [3.05, 3.63) is 70.1 Å². The lowest BCUT2D eigenvalue weighted by molar-refractivity contribution is -0.116. The number of para-hydroxylation sites is 1. The van der Waals surface area contributed by atoms with Crippen LogP contribution in [0.25, 0.3) is 11.1 Å². The number of thiophene rings is 1. The molecule has 3 aromatic rings. The van der Waals surface area contributed by atoms with E-state index >= 15 is 0 Å². The lowest BCUT2D eigenvalue weighted by atomic mass is 9.97. The van der Waals surface area contributed by atoms with Crippen molar-refractivity contribution >= 4 is 28.2 Å². The molecule has 0 aliphatic carbocycles. The molecule has 5 nitrogen and oxygen atoms in total. The number of rotatable bonds is 8. The summed E-state index contributed by atoms with van der Waals surface area (Å²) in [5.41, 5.74) is 4.48. The minimum absolute atomic E-state index is 0.158. The molecule has 1 heterocycles. The third kappa shape index (κ3) is 5.52. The van der Waals surface area contributed by atoms with E-state index in [1.807, 2.05) is 63.2 Å². The fraction of sp³-hybridized carbons (Fsp3) is 0.280. The molecule has 0 saturated carbocycles. The molecule has 6 heteroatoms. The Morgan fingerprint density at radius 2 is 1.74 bits per heavy atom. The van der Waals surface area contributed by atoms with Gasteiger partial charge in [-0.3, -0.25) is 4.79 Å². The van der Waals surface area contributed by atoms with Crippen molar-refractivity contribution in [1.29, 1.82) is 0 Å². The van der Waals surface area contributed by atoms with E-state index in [4.69, 9.17) is 9.47 Å². The molecule has 3 rings (SSSR count). The highest BCUT2D eigenvalue weighted by Crippen LogP contribution is 2.40. The molecule has 0 fully saturated rings. The largest absolute Gasteiger partial charge is 0.494 e. The first kappa shape index (κ1) is 22.6. The smallest absolute Gasteiger partial charge is 0.341 e. The van der Waals surface area contributed by atoms with Gasteiger partial charge < -0.3 is 14.8 Å². The van der Waals surface area contributed by atoms with Gasteiger partial charge in [-0.15, -0.1) is 11.3 Å². The predicted octanol–water partition coefficient (Wildman–Crippen LogP) is 5.92. The Kier molecular flexibility index (Phi) is 7.47. The van der Waals surface area contributed by atoms with E-state index < -0.39 is 5.97 Å². The number of esters is 1. The topological polar surface area (TPSA) is 64.6 Å². The monoisotopic (exact) mass is 437 g/mol. The van der Waals surface area contributed by atoms with E-state index in [9.17, 15) is 9.59 Å². The first-order chi connectivity index (χ1) is 14.9. The second-order valence-corrected chi connectivity index (χ2v) is 8.57. The molecule has 1 aromatic heterocycles. The van der Waals surface area contributed by atoms with Gasteiger partial charge in [-0.05, 0) is 56.0 Å². The van der Waals surface area contributed by atoms with Crippen LogP contribution < -0.4 is 10.1 Å². The second kappa shape index (κ2) is 10.3. The predicted molar refractivity (Wildman–Crippen MR) is 125 cm³/mol. The average molecular weight is 438 g/mol. The standard InChI is InChI=1S/C25H27NO4S/c1-16-12-13-19(15-17(16)2)22-18(3)31-24(23(22)25(28)29-4)26-21(27)11-8-14-30-20-9-6-5-7-10-20/h5-7,9-10,12-13,15H,8,11,14H2,1-4H3,(H,26,27). The van der Waals surface area contributed by atoms with Gasteiger partial charge in [0.1, 0.15) is 16.3 Å². The lowest BCUT2D eigenvalue weighted by Gasteiger charge is -2.10. The van der Waals surface area contributed by atoms with Gasteiger partial charge in [-0.25, -0.2) is 4.79 Å². The zero-order chi connectivity index (χ0) is 22.4. The Morgan fingerprint density at radius 3 is 2.42 bits per heavy atom. The first-order valence-electron chi connectivity index (χ1n) is 10.2. The summed E-state index contributed by atoms with van der Waals surface area (Å²) in [7, 11) is 1.35. The number of anilines is 1. The van der Waals surface area contributed by atoms with Crippen molar-refractivity contribution in [1.82, 2.24) is 0 Å². The Bertz CT molecular complexity index is 1070. The molecule has 0 saturated heterocycles. The summed E-state index contributed by atoms with van der Waals surface area (Å²) in [5, 5.41) is 3.42. The molecule has 1 N–H and O–H groups in total. The van der Waals surface area contributed by atoms with Crippen LogP contribution in [0.2, 0.25) is 0 Å². The van der Waals surface area contributed by atoms with Crippen LogP contribution in [-0.2, 0) is 9.53 Å². The van der Waals surface area contributed by atoms with Crippen LogP contribution in [0.15, 0.2) is 48.5 Å². The molecular formula is C25H27NO4S. The van der Waals surface area contributed by atoms with E-state index in [1.54, 1.807) is 0 Å². The van der Waals surface area contributed by atoms with Gasteiger partial charge in [-0.2, -0.15) is 0 Å². The second-order valence-electron chi connectivity index (χ2n) is 7.34. The van der Waals surface area contributed by atoms with Crippen molar-refractivity contribution in [2.75, 3.05) is 19.0 Å². The lowest BCUT2D eigenvalue weighted by Crippen LogP contribution is -2.15. The number of hydrogen-bond acceptors (Lipinski definition) is 5. The number of methoxy groups -OCH3 is 1. The van der Waals surface area contributed by atoms with Crippen LogP contribution in [0, 0.1) is 20.8 Å². The summed E-state index contributed by atoms with van der Waals surface area (Å²) < 4.78 is 10.7. The highest BCUT2D eigenvalue weighted by Gasteiger charge is 2.25. The summed E-state index contributed by atoms with van der Waals surface area (Å²) in [6, 6.07) is 15.6. The fourth-order valence-electron chi connectivity index (χ4n) is 3.30. The number of benzene rings is 2. The van der Waals surface area contributed by atoms with Crippen molar-refractivity contribution in [2.24, 2.45) is 0 Å². The van der Waals surface area contributed by atoms with Gasteiger partial charge in [0.25, 0.3) is 0 Å². The Balaban J connectivity index is 1.73. The summed E-state index contributed by atoms with van der Waals surface area (Å²) in [4.78, 5) is 26.1. The molecule has 0 atom stereocenters. The van der Waals surface area contributed by atoms with Gasteiger partial charge in [0, 0.05) is 16.9 Å². The molecule has 0 bridgehead atoms. The third-order valence-corrected chi connectivity index (χ3v) is 6.10. The van der Waals surface area contributed by atoms with Gasteiger partial charge in [0.05, 0.1) is 13.7 Å². The number of aryl methyl sites for hydroxylation is 3. The number of ether oxygens (including phenoxy) is 2. The van der Waals surface area contributed by atoms with Gasteiger partial charge in [0.2, 0.25) is 5.91 Å². The Labute approximate surface area is 187 Å². The summed E-state index contributed by atoms with van der Waals surface area (Å²) in [5.74, 6) is 0.165. The maximum absolute atomic E-state index is 12.6. The molecule has 0 unspecified atom stereocenters. The van der Waals surface area contributed by atoms with Gasteiger partial charge >= 0.3 is 5.97 Å². The zero-order valence-electron chi connectivity index (χ0n) is 18.3. The summed E-state index contributed by atoms with van der Waals surface area (Å²) in [6.45, 7) is 6.48. The van der Waals surface area contributed by atoms with Crippen LogP contribution in [0.1, 0.15) is 39.2 Å². The normalized spacial score (nSPS) is 10.6. The number of nitrogens with one attached hydrogen (secondary N) is 1. The third-order valence-electron chi connectivity index (χ3n) is 5.08. The van der Waals surface area contributed by atoms with E-state index in [-0.39, 0.29) is 5.91 Å². The maximum atomic E-state index is 12.6. The molecule has 162 valence electrons. The van der Waals surface area contributed by atoms with Crippen molar-refractivity contribution < 1.29 is 19.1 Å². The van der Waals surface area contributed by atoms with Crippen LogP contribution in [0.4, 0.5) is 5.00 Å². The van der Waals surface area contributed by atoms with Crippen molar-refractivity contribution in [2.45, 2.75) is 33.6 Å². The van der Waals surface area contributed by atoms with E-state index in [2.05, 4.69) is 11.4 Å². The summed E-state index contributed by atoms with van der Waals surface area (Å²) >= 11 is 1.39. The van der Waals surface area contributed by atoms with Crippen molar-refractivity contribution in [3.8, 4) is 16.9 Å². The molecule has 2 aromatic carbocycles. The van der Waals surface area contributed by atoms with Crippen LogP contribution >= 0.6 is 11.3 Å². The summed E-state index contributed by atoms with van der Waals surface area (Å²) in [6.07, 6.45) is 0.867. The highest BCUT2D eigenvalue weighted by molar-refractivity contribution is 7.17. The maximum Gasteiger partial charge on any atom is 0.341 e. The Morgan fingerprint density at radius 1 is 1.00 bits per heavy atom. The van der Waals surface area contributed by atoms with Crippen LogP contribution in [-0.4, -0.2) is 25.6 Å². The molecular weight excluding hydrogens is 410 g/mol. The number of carbonyl (C=O) groups excluding carboxylic acids is 2. The number of amides is 1. The van der Waals surface area contributed by atoms with E-state index in [0.29, 0.717) is 30.0 Å². The minimum atomic E-state index is -0.458. The zero-order valence-corrected chi connectivity index (χ0v) is 19.1. The van der Waals surface area contributed by atoms with E-state index in [0.717, 1.165) is 27.3 Å². The molecule has 1 amide bonds. The molecule has 0 radical (unpaired) electrons. The number of carbonyl (C=O) groups is 2. The fourth-order valence-corrected chi connectivity index (χ4v) is 4.38. The van der Waals surface area contributed by atoms with Crippen LogP contribution in [0.3, 0.4) is 0 Å². The minimum Gasteiger partial charge on any atom is -0.494 e. The SMILES string of the molecule is COC(=O)c1c(NC(=O)CCCOc2ccccc2)sc(C)c1-c1ccc(C)c(C)c1. The van der Waals surface area contributed by atoms with Crippen molar-refractivity contribution in [3.63, 3.8) is 0 Å². The van der Waals surface area contributed by atoms with E-state index in [1.165, 1.54) is 24.0 Å². The molecule has 0 aliphatic rings.